The van der Waals surface area contributed by atoms with Gasteiger partial charge in [0.1, 0.15) is 11.8 Å². The summed E-state index contributed by atoms with van der Waals surface area (Å²) >= 11 is 0. The van der Waals surface area contributed by atoms with Crippen molar-refractivity contribution in [3.63, 3.8) is 0 Å². The molecule has 1 unspecified atom stereocenters. The Bertz CT molecular complexity index is 299. The van der Waals surface area contributed by atoms with Crippen LogP contribution in [0.3, 0.4) is 0 Å². The van der Waals surface area contributed by atoms with Gasteiger partial charge in [-0.15, -0.1) is 0 Å². The molecule has 0 saturated carbocycles. The van der Waals surface area contributed by atoms with E-state index in [2.05, 4.69) is 16.0 Å². The van der Waals surface area contributed by atoms with Gasteiger partial charge >= 0.3 is 6.09 Å². The molecule has 98 valence electrons. The SMILES string of the molecule is CC(=O)N[C@@H]1NCCC1NC(=O)OC(C)(C)C. The lowest BCUT2D eigenvalue weighted by Gasteiger charge is -2.24. The molecule has 1 fully saturated rings. The zero-order valence-electron chi connectivity index (χ0n) is 10.8. The maximum atomic E-state index is 11.6. The predicted octanol–water partition coefficient (Wildman–Crippen LogP) is 0.335. The van der Waals surface area contributed by atoms with E-state index < -0.39 is 11.7 Å². The van der Waals surface area contributed by atoms with Crippen molar-refractivity contribution in [2.24, 2.45) is 0 Å². The smallest absolute Gasteiger partial charge is 0.407 e. The van der Waals surface area contributed by atoms with Crippen LogP contribution in [0.1, 0.15) is 34.1 Å². The lowest BCUT2D eigenvalue weighted by atomic mass is 10.2. The summed E-state index contributed by atoms with van der Waals surface area (Å²) in [5, 5.41) is 8.60. The van der Waals surface area contributed by atoms with Crippen LogP contribution in [0.4, 0.5) is 4.79 Å². The number of nitrogens with one attached hydrogen (secondary N) is 3. The highest BCUT2D eigenvalue weighted by molar-refractivity contribution is 5.73. The molecule has 0 aromatic heterocycles. The molecule has 0 bridgehead atoms. The van der Waals surface area contributed by atoms with E-state index in [4.69, 9.17) is 4.74 Å². The van der Waals surface area contributed by atoms with E-state index in [9.17, 15) is 9.59 Å². The molecule has 1 heterocycles. The van der Waals surface area contributed by atoms with Crippen LogP contribution in [0, 0.1) is 0 Å². The summed E-state index contributed by atoms with van der Waals surface area (Å²) in [4.78, 5) is 22.5. The highest BCUT2D eigenvalue weighted by atomic mass is 16.6. The van der Waals surface area contributed by atoms with Crippen molar-refractivity contribution in [1.29, 1.82) is 0 Å². The lowest BCUT2D eigenvalue weighted by molar-refractivity contribution is -0.119. The van der Waals surface area contributed by atoms with Crippen molar-refractivity contribution in [1.82, 2.24) is 16.0 Å². The molecule has 0 spiro atoms. The number of hydrogen-bond acceptors (Lipinski definition) is 4. The van der Waals surface area contributed by atoms with Crippen LogP contribution in [-0.2, 0) is 9.53 Å². The van der Waals surface area contributed by atoms with Crippen LogP contribution in [0.2, 0.25) is 0 Å². The molecule has 6 heteroatoms. The molecule has 0 aliphatic carbocycles. The third-order valence-electron chi connectivity index (χ3n) is 2.28. The van der Waals surface area contributed by atoms with Crippen LogP contribution in [0.25, 0.3) is 0 Å². The average Bonchev–Trinajstić information content (AvgIpc) is 2.47. The van der Waals surface area contributed by atoms with E-state index in [0.29, 0.717) is 0 Å². The van der Waals surface area contributed by atoms with Gasteiger partial charge in [-0.25, -0.2) is 4.79 Å². The van der Waals surface area contributed by atoms with Crippen LogP contribution >= 0.6 is 0 Å². The second kappa shape index (κ2) is 5.35. The summed E-state index contributed by atoms with van der Waals surface area (Å²) in [7, 11) is 0. The summed E-state index contributed by atoms with van der Waals surface area (Å²) in [6.07, 6.45) is 0.0889. The molecule has 3 N–H and O–H groups in total. The van der Waals surface area contributed by atoms with Gasteiger partial charge in [-0.2, -0.15) is 0 Å². The standard InChI is InChI=1S/C11H21N3O3/c1-7(15)13-9-8(5-6-12-9)14-10(16)17-11(2,3)4/h8-9,12H,5-6H2,1-4H3,(H,13,15)(H,14,16)/t8?,9-/m0/s1. The number of rotatable bonds is 2. The molecule has 1 aliphatic heterocycles. The fourth-order valence-electron chi connectivity index (χ4n) is 1.69. The number of carbonyl (C=O) groups is 2. The molecule has 1 rings (SSSR count). The Morgan fingerprint density at radius 2 is 1.94 bits per heavy atom. The van der Waals surface area contributed by atoms with Gasteiger partial charge in [-0.1, -0.05) is 0 Å². The minimum Gasteiger partial charge on any atom is -0.444 e. The first-order valence-corrected chi connectivity index (χ1v) is 5.78. The molecule has 0 radical (unpaired) electrons. The molecule has 17 heavy (non-hydrogen) atoms. The summed E-state index contributed by atoms with van der Waals surface area (Å²) in [5.74, 6) is -0.125. The topological polar surface area (TPSA) is 79.5 Å². The number of amides is 2. The van der Waals surface area contributed by atoms with E-state index in [1.54, 1.807) is 0 Å². The first-order chi connectivity index (χ1) is 7.78. The highest BCUT2D eigenvalue weighted by Gasteiger charge is 2.30. The second-order valence-corrected chi connectivity index (χ2v) is 5.17. The van der Waals surface area contributed by atoms with Crippen LogP contribution < -0.4 is 16.0 Å². The Balaban J connectivity index is 2.44. The molecule has 1 aliphatic rings. The molecule has 2 amide bonds. The minimum atomic E-state index is -0.514. The van der Waals surface area contributed by atoms with Gasteiger partial charge < -0.3 is 15.4 Å². The maximum Gasteiger partial charge on any atom is 0.407 e. The van der Waals surface area contributed by atoms with Crippen molar-refractivity contribution >= 4 is 12.0 Å². The van der Waals surface area contributed by atoms with Gasteiger partial charge in [0.15, 0.2) is 0 Å². The Labute approximate surface area is 101 Å². The Hall–Kier alpha value is -1.30. The molecular formula is C11H21N3O3. The third-order valence-corrected chi connectivity index (χ3v) is 2.28. The quantitative estimate of drug-likeness (QED) is 0.653. The maximum absolute atomic E-state index is 11.6. The number of carbonyl (C=O) groups excluding carboxylic acids is 2. The molecule has 1 saturated heterocycles. The summed E-state index contributed by atoms with van der Waals surface area (Å²) in [6, 6.07) is -0.131. The normalized spacial score (nSPS) is 24.2. The predicted molar refractivity (Wildman–Crippen MR) is 63.4 cm³/mol. The third kappa shape index (κ3) is 5.04. The van der Waals surface area contributed by atoms with E-state index >= 15 is 0 Å². The zero-order chi connectivity index (χ0) is 13.1. The van der Waals surface area contributed by atoms with Gasteiger partial charge in [0.05, 0.1) is 6.04 Å². The Morgan fingerprint density at radius 1 is 1.29 bits per heavy atom. The second-order valence-electron chi connectivity index (χ2n) is 5.17. The van der Waals surface area contributed by atoms with Gasteiger partial charge in [-0.05, 0) is 33.7 Å². The Kier molecular flexibility index (Phi) is 4.34. The average molecular weight is 243 g/mol. The highest BCUT2D eigenvalue weighted by Crippen LogP contribution is 2.09. The van der Waals surface area contributed by atoms with Gasteiger partial charge in [-0.3, -0.25) is 10.1 Å². The first-order valence-electron chi connectivity index (χ1n) is 5.78. The minimum absolute atomic E-state index is 0.125. The molecular weight excluding hydrogens is 222 g/mol. The summed E-state index contributed by atoms with van der Waals surface area (Å²) in [6.45, 7) is 7.64. The Morgan fingerprint density at radius 3 is 2.47 bits per heavy atom. The monoisotopic (exact) mass is 243 g/mol. The van der Waals surface area contributed by atoms with Crippen molar-refractivity contribution in [2.75, 3.05) is 6.54 Å². The molecule has 0 aromatic rings. The van der Waals surface area contributed by atoms with Crippen molar-refractivity contribution in [3.05, 3.63) is 0 Å². The van der Waals surface area contributed by atoms with E-state index in [-0.39, 0.29) is 18.1 Å². The van der Waals surface area contributed by atoms with E-state index in [1.807, 2.05) is 20.8 Å². The molecule has 6 nitrogen and oxygen atoms in total. The fraction of sp³-hybridized carbons (Fsp3) is 0.818. The van der Waals surface area contributed by atoms with Gasteiger partial charge in [0.2, 0.25) is 5.91 Å². The van der Waals surface area contributed by atoms with Crippen molar-refractivity contribution in [3.8, 4) is 0 Å². The number of alkyl carbamates (subject to hydrolysis) is 1. The first kappa shape index (κ1) is 13.8. The van der Waals surface area contributed by atoms with Crippen molar-refractivity contribution < 1.29 is 14.3 Å². The fourth-order valence-corrected chi connectivity index (χ4v) is 1.69. The van der Waals surface area contributed by atoms with Crippen LogP contribution in [-0.4, -0.2) is 36.4 Å². The largest absolute Gasteiger partial charge is 0.444 e. The molecule has 2 atom stereocenters. The summed E-state index contributed by atoms with van der Waals surface area (Å²) < 4.78 is 5.16. The number of ether oxygens (including phenoxy) is 1. The number of hydrogen-bond donors (Lipinski definition) is 3. The van der Waals surface area contributed by atoms with E-state index in [1.165, 1.54) is 6.92 Å². The molecule has 0 aromatic carbocycles. The summed E-state index contributed by atoms with van der Waals surface area (Å²) in [5.41, 5.74) is -0.514. The zero-order valence-corrected chi connectivity index (χ0v) is 10.8. The van der Waals surface area contributed by atoms with Crippen molar-refractivity contribution in [2.45, 2.75) is 51.9 Å². The van der Waals surface area contributed by atoms with E-state index in [0.717, 1.165) is 13.0 Å². The van der Waals surface area contributed by atoms with Crippen LogP contribution in [0.15, 0.2) is 0 Å². The lowest BCUT2D eigenvalue weighted by Crippen LogP contribution is -2.53. The van der Waals surface area contributed by atoms with Crippen LogP contribution in [0.5, 0.6) is 0 Å². The van der Waals surface area contributed by atoms with Gasteiger partial charge in [0, 0.05) is 6.92 Å². The van der Waals surface area contributed by atoms with Gasteiger partial charge in [0.25, 0.3) is 0 Å².